The molecule has 0 spiro atoms. The number of carbonyl (C=O) groups is 3. The summed E-state index contributed by atoms with van der Waals surface area (Å²) in [5.41, 5.74) is 5.02. The molecule has 1 heterocycles. The van der Waals surface area contributed by atoms with Crippen molar-refractivity contribution in [3.05, 3.63) is 0 Å². The molecule has 3 saturated carbocycles. The quantitative estimate of drug-likeness (QED) is 0.564. The van der Waals surface area contributed by atoms with Crippen LogP contribution in [0.2, 0.25) is 0 Å². The number of hydrogen-bond acceptors (Lipinski definition) is 4. The van der Waals surface area contributed by atoms with Gasteiger partial charge in [0.1, 0.15) is 0 Å². The zero-order valence-corrected chi connectivity index (χ0v) is 15.1. The topological polar surface area (TPSA) is 101 Å². The van der Waals surface area contributed by atoms with Crippen molar-refractivity contribution in [2.75, 3.05) is 6.54 Å². The van der Waals surface area contributed by atoms with Crippen LogP contribution >= 0.6 is 0 Å². The molecule has 0 aromatic carbocycles. The second-order valence-corrected chi connectivity index (χ2v) is 9.14. The van der Waals surface area contributed by atoms with E-state index < -0.39 is 29.2 Å². The van der Waals surface area contributed by atoms with Gasteiger partial charge in [0, 0.05) is 17.4 Å². The smallest absolute Gasteiger partial charge is 0.287 e. The molecule has 25 heavy (non-hydrogen) atoms. The summed E-state index contributed by atoms with van der Waals surface area (Å²) in [6, 6.07) is -0.357. The van der Waals surface area contributed by atoms with Gasteiger partial charge in [0.2, 0.25) is 11.7 Å². The van der Waals surface area contributed by atoms with E-state index in [0.29, 0.717) is 18.9 Å². The lowest BCUT2D eigenvalue weighted by molar-refractivity contribution is -0.143. The highest BCUT2D eigenvalue weighted by atomic mass is 16.2. The number of Topliss-reactive ketones (excluding diaryl/α,β-unsaturated/α-hetero) is 1. The van der Waals surface area contributed by atoms with E-state index in [0.717, 1.165) is 19.3 Å². The molecule has 0 aromatic heterocycles. The summed E-state index contributed by atoms with van der Waals surface area (Å²) in [7, 11) is 0. The van der Waals surface area contributed by atoms with Gasteiger partial charge in [-0.1, -0.05) is 26.7 Å². The van der Waals surface area contributed by atoms with Crippen molar-refractivity contribution in [2.24, 2.45) is 34.3 Å². The predicted octanol–water partition coefficient (Wildman–Crippen LogP) is 0.740. The fourth-order valence-corrected chi connectivity index (χ4v) is 5.61. The van der Waals surface area contributed by atoms with Crippen molar-refractivity contribution in [1.29, 1.82) is 0 Å². The summed E-state index contributed by atoms with van der Waals surface area (Å²) in [5.74, 6) is -0.717. The van der Waals surface area contributed by atoms with Crippen molar-refractivity contribution in [1.82, 2.24) is 10.6 Å². The van der Waals surface area contributed by atoms with Crippen LogP contribution in [-0.2, 0) is 14.4 Å². The Bertz CT molecular complexity index is 623. The molecule has 4 fully saturated rings. The molecular weight excluding hydrogens is 318 g/mol. The van der Waals surface area contributed by atoms with Crippen LogP contribution in [0.3, 0.4) is 0 Å². The monoisotopic (exact) mass is 347 g/mol. The Morgan fingerprint density at radius 1 is 1.20 bits per heavy atom. The third-order valence-electron chi connectivity index (χ3n) is 7.36. The highest BCUT2D eigenvalue weighted by molar-refractivity contribution is 6.37. The maximum Gasteiger partial charge on any atom is 0.287 e. The maximum atomic E-state index is 13.1. The van der Waals surface area contributed by atoms with Gasteiger partial charge in [-0.05, 0) is 49.5 Å². The normalized spacial score (nSPS) is 36.4. The first-order valence-electron chi connectivity index (χ1n) is 9.67. The summed E-state index contributed by atoms with van der Waals surface area (Å²) in [6.07, 6.45) is 5.99. The Hall–Kier alpha value is -1.43. The molecule has 6 heteroatoms. The van der Waals surface area contributed by atoms with E-state index in [4.69, 9.17) is 5.73 Å². The Labute approximate surface area is 148 Å². The summed E-state index contributed by atoms with van der Waals surface area (Å²) < 4.78 is 0. The van der Waals surface area contributed by atoms with Gasteiger partial charge < -0.3 is 16.4 Å². The molecule has 3 unspecified atom stereocenters. The molecule has 0 aromatic rings. The highest BCUT2D eigenvalue weighted by Gasteiger charge is 2.81. The SMILES string of the molecule is CC1(C)C2CNC(C(N)=O)C21[C@H](CCC1CC1)C(=O)C(=O)NC1CC1. The number of nitrogens with two attached hydrogens (primary N) is 1. The van der Waals surface area contributed by atoms with Crippen LogP contribution in [-0.4, -0.2) is 36.2 Å². The zero-order valence-electron chi connectivity index (χ0n) is 15.1. The number of piperidine rings is 1. The summed E-state index contributed by atoms with van der Waals surface area (Å²) >= 11 is 0. The van der Waals surface area contributed by atoms with Crippen LogP contribution in [0.5, 0.6) is 0 Å². The molecular formula is C19H29N3O3. The second kappa shape index (κ2) is 5.53. The molecule has 0 radical (unpaired) electrons. The number of carbonyl (C=O) groups excluding carboxylic acids is 3. The van der Waals surface area contributed by atoms with Crippen LogP contribution in [0.15, 0.2) is 0 Å². The Morgan fingerprint density at radius 3 is 2.40 bits per heavy atom. The molecule has 1 saturated heterocycles. The molecule has 4 atom stereocenters. The van der Waals surface area contributed by atoms with E-state index in [1.54, 1.807) is 0 Å². The number of ketones is 1. The lowest BCUT2D eigenvalue weighted by Crippen LogP contribution is -2.52. The van der Waals surface area contributed by atoms with Crippen LogP contribution in [0, 0.1) is 28.6 Å². The molecule has 1 aliphatic heterocycles. The zero-order chi connectivity index (χ0) is 18.0. The van der Waals surface area contributed by atoms with Crippen LogP contribution in [0.4, 0.5) is 0 Å². The molecule has 4 aliphatic rings. The first-order chi connectivity index (χ1) is 11.8. The van der Waals surface area contributed by atoms with Gasteiger partial charge in [-0.3, -0.25) is 14.4 Å². The molecule has 3 aliphatic carbocycles. The fourth-order valence-electron chi connectivity index (χ4n) is 5.61. The van der Waals surface area contributed by atoms with Gasteiger partial charge in [0.25, 0.3) is 5.91 Å². The Morgan fingerprint density at radius 2 is 1.88 bits per heavy atom. The predicted molar refractivity (Wildman–Crippen MR) is 92.3 cm³/mol. The lowest BCUT2D eigenvalue weighted by Gasteiger charge is -2.33. The number of amides is 2. The number of hydrogen-bond donors (Lipinski definition) is 3. The van der Waals surface area contributed by atoms with Crippen LogP contribution < -0.4 is 16.4 Å². The van der Waals surface area contributed by atoms with Gasteiger partial charge >= 0.3 is 0 Å². The van der Waals surface area contributed by atoms with Crippen molar-refractivity contribution in [3.63, 3.8) is 0 Å². The maximum absolute atomic E-state index is 13.1. The van der Waals surface area contributed by atoms with Gasteiger partial charge in [0.15, 0.2) is 0 Å². The Balaban J connectivity index is 1.62. The van der Waals surface area contributed by atoms with Gasteiger partial charge in [-0.25, -0.2) is 0 Å². The number of nitrogens with one attached hydrogen (secondary N) is 2. The third-order valence-corrected chi connectivity index (χ3v) is 7.36. The highest BCUT2D eigenvalue weighted by Crippen LogP contribution is 2.77. The minimum absolute atomic E-state index is 0.151. The minimum atomic E-state index is -0.519. The fraction of sp³-hybridized carbons (Fsp3) is 0.842. The van der Waals surface area contributed by atoms with Crippen molar-refractivity contribution in [2.45, 2.75) is 64.5 Å². The van der Waals surface area contributed by atoms with E-state index in [9.17, 15) is 14.4 Å². The second-order valence-electron chi connectivity index (χ2n) is 9.14. The standard InChI is InChI=1S/C19H29N3O3/c1-18(2)13-9-21-15(16(20)24)19(13,18)12(8-5-10-3-4-10)14(23)17(25)22-11-6-7-11/h10-13,15,21H,3-9H2,1-2H3,(H2,20,24)(H,22,25)/t12-,13?,15?,19?/m1/s1. The number of primary amides is 1. The molecule has 4 N–H and O–H groups in total. The van der Waals surface area contributed by atoms with Gasteiger partial charge in [0.05, 0.1) is 6.04 Å². The van der Waals surface area contributed by atoms with Crippen LogP contribution in [0.1, 0.15) is 52.4 Å². The van der Waals surface area contributed by atoms with E-state index in [2.05, 4.69) is 24.5 Å². The number of fused-ring (bicyclic) bond motifs is 1. The summed E-state index contributed by atoms with van der Waals surface area (Å²) in [5, 5.41) is 6.07. The van der Waals surface area contributed by atoms with E-state index in [1.807, 2.05) is 0 Å². The first kappa shape index (κ1) is 17.0. The van der Waals surface area contributed by atoms with Crippen molar-refractivity contribution < 1.29 is 14.4 Å². The third kappa shape index (κ3) is 2.52. The molecule has 6 nitrogen and oxygen atoms in total. The van der Waals surface area contributed by atoms with Gasteiger partial charge in [-0.2, -0.15) is 0 Å². The number of rotatable bonds is 8. The van der Waals surface area contributed by atoms with Crippen molar-refractivity contribution in [3.8, 4) is 0 Å². The van der Waals surface area contributed by atoms with Crippen molar-refractivity contribution >= 4 is 17.6 Å². The first-order valence-corrected chi connectivity index (χ1v) is 9.67. The average molecular weight is 347 g/mol. The summed E-state index contributed by atoms with van der Waals surface area (Å²) in [6.45, 7) is 4.92. The average Bonchev–Trinajstić information content (AvgIpc) is 3.47. The largest absolute Gasteiger partial charge is 0.368 e. The molecule has 2 amide bonds. The van der Waals surface area contributed by atoms with E-state index in [1.165, 1.54) is 12.8 Å². The van der Waals surface area contributed by atoms with Gasteiger partial charge in [-0.15, -0.1) is 0 Å². The molecule has 138 valence electrons. The van der Waals surface area contributed by atoms with E-state index >= 15 is 0 Å². The summed E-state index contributed by atoms with van der Waals surface area (Å²) in [4.78, 5) is 37.7. The lowest BCUT2D eigenvalue weighted by atomic mass is 9.72. The molecule has 4 rings (SSSR count). The van der Waals surface area contributed by atoms with Crippen LogP contribution in [0.25, 0.3) is 0 Å². The minimum Gasteiger partial charge on any atom is -0.368 e. The van der Waals surface area contributed by atoms with E-state index in [-0.39, 0.29) is 23.2 Å². The Kier molecular flexibility index (Phi) is 3.76. The molecule has 0 bridgehead atoms.